The summed E-state index contributed by atoms with van der Waals surface area (Å²) in [6.45, 7) is 2.58. The van der Waals surface area contributed by atoms with Crippen molar-refractivity contribution in [2.75, 3.05) is 6.16 Å². The fraction of sp³-hybridized carbons (Fsp3) is 0.300. The summed E-state index contributed by atoms with van der Waals surface area (Å²) in [5.74, 6) is 0.326. The van der Waals surface area contributed by atoms with E-state index >= 15 is 0 Å². The first kappa shape index (κ1) is 31.8. The first-order valence-electron chi connectivity index (χ1n) is 16.8. The summed E-state index contributed by atoms with van der Waals surface area (Å²) in [5.41, 5.74) is 1.29. The van der Waals surface area contributed by atoms with E-state index in [1.807, 2.05) is 11.5 Å². The van der Waals surface area contributed by atoms with E-state index in [0.717, 1.165) is 18.7 Å². The predicted octanol–water partition coefficient (Wildman–Crippen LogP) is 7.87. The highest BCUT2D eigenvalue weighted by atomic mass is 31.2. The van der Waals surface area contributed by atoms with Gasteiger partial charge in [-0.2, -0.15) is 0 Å². The molecule has 0 amide bonds. The lowest BCUT2D eigenvalue weighted by Gasteiger charge is -2.27. The molecular weight excluding hydrogens is 585 g/mol. The minimum atomic E-state index is -1.73. The standard InChI is InChI=1S/C40H43N3O2P/c1-31-42-37-38(39(44)35-27-20-28-41-36(35)40(37)45)43(31)29-18-7-5-3-2-4-6-8-19-30-46(32-21-12-9-13-22-32,33-23-14-10-15-24-33)34-25-16-11-17-26-34/h9-17,20-28H,2-8,18-19,29-30H2,1H3/q+1. The number of fused-ring (bicyclic) bond motifs is 2. The maximum atomic E-state index is 13.2. The first-order chi connectivity index (χ1) is 22.6. The Morgan fingerprint density at radius 3 is 1.61 bits per heavy atom. The Morgan fingerprint density at radius 1 is 0.565 bits per heavy atom. The van der Waals surface area contributed by atoms with Crippen LogP contribution in [0.2, 0.25) is 0 Å². The number of carbonyl (C=O) groups excluding carboxylic acids is 2. The molecule has 0 bridgehead atoms. The maximum absolute atomic E-state index is 13.2. The third kappa shape index (κ3) is 6.52. The quantitative estimate of drug-likeness (QED) is 0.0858. The van der Waals surface area contributed by atoms with E-state index in [4.69, 9.17) is 0 Å². The van der Waals surface area contributed by atoms with E-state index in [1.165, 1.54) is 67.0 Å². The van der Waals surface area contributed by atoms with Crippen molar-refractivity contribution in [1.29, 1.82) is 0 Å². The SMILES string of the molecule is Cc1nc2c(n1CCCCCCCCCCC[P+](c1ccccc1)(c1ccccc1)c1ccccc1)C(=O)c1cccnc1C2=O. The van der Waals surface area contributed by atoms with Crippen molar-refractivity contribution >= 4 is 34.7 Å². The second kappa shape index (κ2) is 14.9. The number of imidazole rings is 1. The van der Waals surface area contributed by atoms with Crippen molar-refractivity contribution in [3.63, 3.8) is 0 Å². The van der Waals surface area contributed by atoms with E-state index in [2.05, 4.69) is 101 Å². The molecule has 6 heteroatoms. The highest BCUT2D eigenvalue weighted by Gasteiger charge is 2.44. The molecule has 234 valence electrons. The van der Waals surface area contributed by atoms with Crippen molar-refractivity contribution in [2.45, 2.75) is 71.3 Å². The summed E-state index contributed by atoms with van der Waals surface area (Å²) < 4.78 is 1.94. The molecule has 1 aliphatic carbocycles. The van der Waals surface area contributed by atoms with Crippen molar-refractivity contribution in [3.8, 4) is 0 Å². The van der Waals surface area contributed by atoms with Crippen LogP contribution in [0.3, 0.4) is 0 Å². The van der Waals surface area contributed by atoms with Gasteiger partial charge in [-0.3, -0.25) is 14.6 Å². The number of ketones is 2. The average Bonchev–Trinajstić information content (AvgIpc) is 3.45. The van der Waals surface area contributed by atoms with Crippen LogP contribution in [-0.2, 0) is 6.54 Å². The molecule has 0 spiro atoms. The third-order valence-electron chi connectivity index (χ3n) is 9.32. The summed E-state index contributed by atoms with van der Waals surface area (Å²) in [6.07, 6.45) is 13.5. The van der Waals surface area contributed by atoms with Crippen molar-refractivity contribution in [1.82, 2.24) is 14.5 Å². The summed E-state index contributed by atoms with van der Waals surface area (Å²) in [5, 5.41) is 4.41. The smallest absolute Gasteiger partial charge is 0.232 e. The molecule has 0 aliphatic heterocycles. The van der Waals surface area contributed by atoms with Gasteiger partial charge in [0.05, 0.1) is 11.7 Å². The lowest BCUT2D eigenvalue weighted by atomic mass is 9.94. The van der Waals surface area contributed by atoms with Gasteiger partial charge in [0.25, 0.3) is 0 Å². The predicted molar refractivity (Wildman–Crippen MR) is 190 cm³/mol. The van der Waals surface area contributed by atoms with Gasteiger partial charge < -0.3 is 4.57 Å². The number of aromatic nitrogens is 3. The van der Waals surface area contributed by atoms with E-state index < -0.39 is 7.26 Å². The fourth-order valence-electron chi connectivity index (χ4n) is 6.97. The van der Waals surface area contributed by atoms with Gasteiger partial charge in [0.1, 0.15) is 46.1 Å². The number of nitrogens with zero attached hydrogens (tertiary/aromatic N) is 3. The second-order valence-corrected chi connectivity index (χ2v) is 15.9. The normalized spacial score (nSPS) is 12.6. The molecule has 0 radical (unpaired) electrons. The Bertz CT molecular complexity index is 1670. The number of aryl methyl sites for hydroxylation is 1. The summed E-state index contributed by atoms with van der Waals surface area (Å²) in [6, 6.07) is 36.9. The Morgan fingerprint density at radius 2 is 1.07 bits per heavy atom. The van der Waals surface area contributed by atoms with Crippen LogP contribution in [0.5, 0.6) is 0 Å². The van der Waals surface area contributed by atoms with Crippen LogP contribution in [0.1, 0.15) is 95.8 Å². The lowest BCUT2D eigenvalue weighted by Crippen LogP contribution is -2.33. The fourth-order valence-corrected chi connectivity index (χ4v) is 11.4. The Kier molecular flexibility index (Phi) is 10.3. The molecule has 0 N–H and O–H groups in total. The number of hydrogen-bond acceptors (Lipinski definition) is 4. The molecule has 3 aromatic carbocycles. The van der Waals surface area contributed by atoms with Crippen LogP contribution in [0.4, 0.5) is 0 Å². The van der Waals surface area contributed by atoms with E-state index in [0.29, 0.717) is 17.8 Å². The van der Waals surface area contributed by atoms with Gasteiger partial charge >= 0.3 is 0 Å². The molecule has 0 saturated heterocycles. The first-order valence-corrected chi connectivity index (χ1v) is 18.7. The Balaban J connectivity index is 0.964. The molecule has 5 nitrogen and oxygen atoms in total. The van der Waals surface area contributed by atoms with Crippen LogP contribution in [0, 0.1) is 6.92 Å². The molecule has 0 fully saturated rings. The van der Waals surface area contributed by atoms with E-state index in [-0.39, 0.29) is 23.0 Å². The van der Waals surface area contributed by atoms with Crippen LogP contribution in [0.15, 0.2) is 109 Å². The number of pyridine rings is 1. The molecule has 0 unspecified atom stereocenters. The minimum absolute atomic E-state index is 0.144. The van der Waals surface area contributed by atoms with Crippen LogP contribution < -0.4 is 15.9 Å². The monoisotopic (exact) mass is 628 g/mol. The number of rotatable bonds is 15. The van der Waals surface area contributed by atoms with Crippen molar-refractivity contribution in [3.05, 3.63) is 138 Å². The highest BCUT2D eigenvalue weighted by molar-refractivity contribution is 7.95. The summed E-state index contributed by atoms with van der Waals surface area (Å²) >= 11 is 0. The van der Waals surface area contributed by atoms with Gasteiger partial charge in [-0.1, -0.05) is 93.1 Å². The van der Waals surface area contributed by atoms with Gasteiger partial charge in [-0.15, -0.1) is 0 Å². The second-order valence-electron chi connectivity index (χ2n) is 12.3. The third-order valence-corrected chi connectivity index (χ3v) is 13.8. The van der Waals surface area contributed by atoms with Crippen molar-refractivity contribution < 1.29 is 9.59 Å². The van der Waals surface area contributed by atoms with Crippen LogP contribution in [-0.4, -0.2) is 32.3 Å². The zero-order valence-corrected chi connectivity index (χ0v) is 27.7. The molecular formula is C40H43N3O2P+. The Labute approximate surface area is 273 Å². The maximum Gasteiger partial charge on any atom is 0.232 e. The number of benzene rings is 3. The summed E-state index contributed by atoms with van der Waals surface area (Å²) in [4.78, 5) is 34.7. The summed E-state index contributed by atoms with van der Waals surface area (Å²) in [7, 11) is -1.73. The molecule has 0 saturated carbocycles. The topological polar surface area (TPSA) is 64.8 Å². The van der Waals surface area contributed by atoms with Gasteiger partial charge in [0.2, 0.25) is 11.6 Å². The number of carbonyl (C=O) groups is 2. The molecule has 2 aromatic heterocycles. The minimum Gasteiger partial charge on any atom is -0.325 e. The molecule has 1 aliphatic rings. The van der Waals surface area contributed by atoms with Crippen molar-refractivity contribution in [2.24, 2.45) is 0 Å². The highest BCUT2D eigenvalue weighted by Crippen LogP contribution is 2.56. The largest absolute Gasteiger partial charge is 0.325 e. The zero-order valence-electron chi connectivity index (χ0n) is 26.8. The molecule has 2 heterocycles. The van der Waals surface area contributed by atoms with Crippen LogP contribution in [0.25, 0.3) is 0 Å². The lowest BCUT2D eigenvalue weighted by molar-refractivity contribution is 0.0967. The number of hydrogen-bond donors (Lipinski definition) is 0. The van der Waals surface area contributed by atoms with Gasteiger partial charge in [0.15, 0.2) is 0 Å². The molecule has 0 atom stereocenters. The van der Waals surface area contributed by atoms with Crippen LogP contribution >= 0.6 is 7.26 Å². The molecule has 5 aromatic rings. The zero-order chi connectivity index (χ0) is 31.8. The average molecular weight is 629 g/mol. The van der Waals surface area contributed by atoms with Gasteiger partial charge in [-0.05, 0) is 74.7 Å². The van der Waals surface area contributed by atoms with E-state index in [1.54, 1.807) is 18.3 Å². The molecule has 46 heavy (non-hydrogen) atoms. The Hall–Kier alpha value is -4.21. The van der Waals surface area contributed by atoms with Gasteiger partial charge in [-0.25, -0.2) is 4.98 Å². The van der Waals surface area contributed by atoms with Gasteiger partial charge in [0, 0.05) is 12.7 Å². The van der Waals surface area contributed by atoms with E-state index in [9.17, 15) is 9.59 Å². The molecule has 6 rings (SSSR count). The number of unbranched alkanes of at least 4 members (excludes halogenated alkanes) is 8.